The molecule has 2 aromatic rings. The van der Waals surface area contributed by atoms with E-state index >= 15 is 0 Å². The number of hydrogen-bond acceptors (Lipinski definition) is 7. The Kier molecular flexibility index (Phi) is 6.62. The molecule has 168 valence electrons. The monoisotopic (exact) mass is 482 g/mol. The zero-order valence-electron chi connectivity index (χ0n) is 17.8. The number of nitrogens with one attached hydrogen (secondary N) is 1. The average molecular weight is 483 g/mol. The summed E-state index contributed by atoms with van der Waals surface area (Å²) >= 11 is 7.16. The van der Waals surface area contributed by atoms with Crippen molar-refractivity contribution in [3.63, 3.8) is 0 Å². The molecule has 33 heavy (non-hydrogen) atoms. The molecule has 0 aromatic heterocycles. The molecule has 0 saturated carbocycles. The molecule has 1 N–H and O–H groups in total. The molecule has 0 saturated heterocycles. The van der Waals surface area contributed by atoms with Crippen LogP contribution in [0.1, 0.15) is 36.2 Å². The van der Waals surface area contributed by atoms with Crippen molar-refractivity contribution in [3.05, 3.63) is 64.2 Å². The number of hydrogen-bond donors (Lipinski definition) is 1. The highest BCUT2D eigenvalue weighted by Gasteiger charge is 2.35. The molecule has 4 rings (SSSR count). The van der Waals surface area contributed by atoms with Gasteiger partial charge in [-0.15, -0.1) is 0 Å². The molecule has 8 nitrogen and oxygen atoms in total. The van der Waals surface area contributed by atoms with Crippen LogP contribution in [0.15, 0.2) is 58.1 Å². The number of benzene rings is 2. The number of hydrazone groups is 1. The number of rotatable bonds is 6. The third-order valence-electron chi connectivity index (χ3n) is 4.66. The van der Waals surface area contributed by atoms with E-state index in [2.05, 4.69) is 10.1 Å². The van der Waals surface area contributed by atoms with Gasteiger partial charge in [0.15, 0.2) is 17.3 Å². The predicted octanol–water partition coefficient (Wildman–Crippen LogP) is 4.99. The van der Waals surface area contributed by atoms with Gasteiger partial charge in [-0.05, 0) is 73.1 Å². The van der Waals surface area contributed by atoms with E-state index in [1.165, 1.54) is 16.8 Å². The lowest BCUT2D eigenvalue weighted by atomic mass is 10.1. The van der Waals surface area contributed by atoms with Crippen molar-refractivity contribution in [3.8, 4) is 11.5 Å². The number of amidine groups is 2. The highest BCUT2D eigenvalue weighted by molar-refractivity contribution is 8.26. The maximum Gasteiger partial charge on any atom is 0.343 e. The van der Waals surface area contributed by atoms with Crippen LogP contribution in [0.2, 0.25) is 5.02 Å². The first-order valence-corrected chi connectivity index (χ1v) is 11.3. The lowest BCUT2D eigenvalue weighted by Crippen LogP contribution is -2.35. The normalized spacial score (nSPS) is 16.5. The van der Waals surface area contributed by atoms with Gasteiger partial charge in [0.05, 0.1) is 17.7 Å². The van der Waals surface area contributed by atoms with Crippen molar-refractivity contribution in [1.82, 2.24) is 5.01 Å². The second-order valence-electron chi connectivity index (χ2n) is 6.90. The van der Waals surface area contributed by atoms with Crippen molar-refractivity contribution >= 4 is 57.4 Å². The van der Waals surface area contributed by atoms with Crippen LogP contribution in [-0.2, 0) is 4.79 Å². The number of fused-ring (bicyclic) bond motifs is 1. The Labute approximate surface area is 199 Å². The highest BCUT2D eigenvalue weighted by atomic mass is 35.5. The van der Waals surface area contributed by atoms with Crippen LogP contribution in [-0.4, -0.2) is 39.5 Å². The number of esters is 1. The maximum absolute atomic E-state index is 12.6. The van der Waals surface area contributed by atoms with Gasteiger partial charge in [-0.1, -0.05) is 24.6 Å². The summed E-state index contributed by atoms with van der Waals surface area (Å²) in [7, 11) is 0. The summed E-state index contributed by atoms with van der Waals surface area (Å²) in [5.74, 6) is -0.547. The molecule has 0 spiro atoms. The van der Waals surface area contributed by atoms with Crippen molar-refractivity contribution < 1.29 is 19.1 Å². The van der Waals surface area contributed by atoms with Gasteiger partial charge in [0, 0.05) is 5.02 Å². The Morgan fingerprint density at radius 1 is 1.18 bits per heavy atom. The molecule has 2 aliphatic rings. The summed E-state index contributed by atoms with van der Waals surface area (Å²) in [4.78, 5) is 29.1. The van der Waals surface area contributed by atoms with E-state index in [0.717, 1.165) is 5.04 Å². The largest absolute Gasteiger partial charge is 0.490 e. The van der Waals surface area contributed by atoms with Crippen LogP contribution in [0.4, 0.5) is 0 Å². The highest BCUT2D eigenvalue weighted by Crippen LogP contribution is 2.32. The standard InChI is InChI=1S/C23H19ClN4O4S/c1-3-19-27-28-20(25)16(21(29)26-23(28)33-19)11-13-5-10-17(18(12-13)31-4-2)32-22(30)14-6-8-15(24)9-7-14/h5-12,25H,3-4H2,1-2H3. The van der Waals surface area contributed by atoms with Crippen LogP contribution in [0, 0.1) is 5.41 Å². The first kappa shape index (κ1) is 22.8. The first-order valence-electron chi connectivity index (χ1n) is 10.1. The van der Waals surface area contributed by atoms with Crippen molar-refractivity contribution in [1.29, 1.82) is 5.41 Å². The van der Waals surface area contributed by atoms with Crippen LogP contribution < -0.4 is 9.47 Å². The van der Waals surface area contributed by atoms with Crippen LogP contribution in [0.5, 0.6) is 11.5 Å². The topological polar surface area (TPSA) is 104 Å². The van der Waals surface area contributed by atoms with Gasteiger partial charge in [0.1, 0.15) is 5.04 Å². The summed E-state index contributed by atoms with van der Waals surface area (Å²) in [6, 6.07) is 11.2. The van der Waals surface area contributed by atoms with Gasteiger partial charge < -0.3 is 9.47 Å². The van der Waals surface area contributed by atoms with Crippen LogP contribution in [0.3, 0.4) is 0 Å². The molecule has 0 aliphatic carbocycles. The lowest BCUT2D eigenvalue weighted by molar-refractivity contribution is -0.114. The Bertz CT molecular complexity index is 1240. The van der Waals surface area contributed by atoms with E-state index in [-0.39, 0.29) is 17.2 Å². The second kappa shape index (κ2) is 9.60. The number of ether oxygens (including phenoxy) is 2. The Morgan fingerprint density at radius 3 is 2.64 bits per heavy atom. The molecule has 10 heteroatoms. The van der Waals surface area contributed by atoms with E-state index < -0.39 is 11.9 Å². The fourth-order valence-electron chi connectivity index (χ4n) is 3.05. The van der Waals surface area contributed by atoms with Gasteiger partial charge in [-0.3, -0.25) is 10.2 Å². The molecule has 0 bridgehead atoms. The molecule has 1 amide bonds. The molecular weight excluding hydrogens is 464 g/mol. The third kappa shape index (κ3) is 4.84. The summed E-state index contributed by atoms with van der Waals surface area (Å²) in [6.07, 6.45) is 2.23. The molecule has 2 aliphatic heterocycles. The van der Waals surface area contributed by atoms with E-state index in [1.54, 1.807) is 55.5 Å². The molecule has 2 aromatic carbocycles. The van der Waals surface area contributed by atoms with Crippen molar-refractivity contribution in [2.24, 2.45) is 10.1 Å². The van der Waals surface area contributed by atoms with E-state index in [0.29, 0.717) is 40.1 Å². The van der Waals surface area contributed by atoms with Crippen molar-refractivity contribution in [2.45, 2.75) is 20.3 Å². The SMILES string of the molecule is CCOc1cc(C=C2C(=N)N3N=C(CC)SC3=NC2=O)ccc1OC(=O)c1ccc(Cl)cc1. The summed E-state index contributed by atoms with van der Waals surface area (Å²) in [6.45, 7) is 4.10. The van der Waals surface area contributed by atoms with E-state index in [9.17, 15) is 9.59 Å². The van der Waals surface area contributed by atoms with Crippen LogP contribution >= 0.6 is 23.4 Å². The van der Waals surface area contributed by atoms with Gasteiger partial charge >= 0.3 is 5.97 Å². The van der Waals surface area contributed by atoms with E-state index in [1.807, 2.05) is 6.92 Å². The summed E-state index contributed by atoms with van der Waals surface area (Å²) in [5, 5.41) is 15.8. The molecular formula is C23H19ClN4O4S. The molecule has 0 radical (unpaired) electrons. The van der Waals surface area contributed by atoms with Gasteiger partial charge in [-0.25, -0.2) is 4.79 Å². The second-order valence-corrected chi connectivity index (χ2v) is 8.38. The first-order chi connectivity index (χ1) is 15.9. The quantitative estimate of drug-likeness (QED) is 0.353. The molecule has 0 fully saturated rings. The number of carbonyl (C=O) groups excluding carboxylic acids is 2. The number of thioether (sulfide) groups is 1. The number of halogens is 1. The van der Waals surface area contributed by atoms with E-state index in [4.69, 9.17) is 26.5 Å². The smallest absolute Gasteiger partial charge is 0.343 e. The number of nitrogens with zero attached hydrogens (tertiary/aromatic N) is 3. The minimum absolute atomic E-state index is 0.0443. The predicted molar refractivity (Wildman–Crippen MR) is 129 cm³/mol. The maximum atomic E-state index is 12.6. The zero-order valence-corrected chi connectivity index (χ0v) is 19.4. The van der Waals surface area contributed by atoms with Gasteiger partial charge in [0.25, 0.3) is 5.91 Å². The van der Waals surface area contributed by atoms with Crippen molar-refractivity contribution in [2.75, 3.05) is 6.61 Å². The van der Waals surface area contributed by atoms with Gasteiger partial charge in [0.2, 0.25) is 5.17 Å². The molecule has 0 atom stereocenters. The lowest BCUT2D eigenvalue weighted by Gasteiger charge is -2.20. The fraction of sp³-hybridized carbons (Fsp3) is 0.174. The number of carbonyl (C=O) groups is 2. The van der Waals surface area contributed by atoms with Crippen LogP contribution in [0.25, 0.3) is 6.08 Å². The zero-order chi connectivity index (χ0) is 23.5. The summed E-state index contributed by atoms with van der Waals surface area (Å²) in [5.41, 5.74) is 1.04. The molecule has 2 heterocycles. The summed E-state index contributed by atoms with van der Waals surface area (Å²) < 4.78 is 11.1. The van der Waals surface area contributed by atoms with Gasteiger partial charge in [-0.2, -0.15) is 15.1 Å². The number of aliphatic imine (C=N–C) groups is 1. The minimum atomic E-state index is -0.555. The number of amides is 1. The minimum Gasteiger partial charge on any atom is -0.490 e. The Morgan fingerprint density at radius 2 is 1.94 bits per heavy atom. The Hall–Kier alpha value is -3.43. The molecule has 0 unspecified atom stereocenters. The third-order valence-corrected chi connectivity index (χ3v) is 5.96. The average Bonchev–Trinajstić information content (AvgIpc) is 3.22. The fourth-order valence-corrected chi connectivity index (χ4v) is 4.00. The Balaban J connectivity index is 1.61.